The highest BCUT2D eigenvalue weighted by atomic mass is 35.5. The Morgan fingerprint density at radius 3 is 2.95 bits per heavy atom. The van der Waals surface area contributed by atoms with Gasteiger partial charge in [-0.1, -0.05) is 0 Å². The van der Waals surface area contributed by atoms with Gasteiger partial charge in [-0.15, -0.1) is 12.4 Å². The molecule has 0 aromatic heterocycles. The number of amides is 2. The van der Waals surface area contributed by atoms with E-state index in [1.165, 1.54) is 6.42 Å². The fraction of sp³-hybridized carbons (Fsp3) is 0.846. The highest BCUT2D eigenvalue weighted by molar-refractivity contribution is 5.88. The number of nitrogens with one attached hydrogen (secondary N) is 2. The monoisotopic (exact) mass is 289 g/mol. The molecule has 2 aliphatic heterocycles. The third-order valence-electron chi connectivity index (χ3n) is 3.94. The molecule has 0 saturated carbocycles. The van der Waals surface area contributed by atoms with E-state index in [0.717, 1.165) is 38.9 Å². The zero-order valence-corrected chi connectivity index (χ0v) is 12.3. The number of nitrogens with zero attached hydrogens (tertiary/aromatic N) is 1. The lowest BCUT2D eigenvalue weighted by molar-refractivity contribution is -0.137. The van der Waals surface area contributed by atoms with Crippen LogP contribution in [-0.4, -0.2) is 49.4 Å². The molecule has 0 aliphatic carbocycles. The maximum Gasteiger partial charge on any atom is 0.244 e. The Bertz CT molecular complexity index is 319. The fourth-order valence-electron chi connectivity index (χ4n) is 2.73. The molecule has 2 heterocycles. The smallest absolute Gasteiger partial charge is 0.244 e. The minimum absolute atomic E-state index is 0. The summed E-state index contributed by atoms with van der Waals surface area (Å²) in [4.78, 5) is 25.3. The van der Waals surface area contributed by atoms with Crippen molar-refractivity contribution in [3.05, 3.63) is 0 Å². The number of carbonyl (C=O) groups excluding carboxylic acids is 2. The summed E-state index contributed by atoms with van der Waals surface area (Å²) < 4.78 is 0. The van der Waals surface area contributed by atoms with E-state index in [-0.39, 0.29) is 30.3 Å². The Morgan fingerprint density at radius 2 is 2.26 bits per heavy atom. The van der Waals surface area contributed by atoms with Crippen LogP contribution in [0.25, 0.3) is 0 Å². The van der Waals surface area contributed by atoms with Crippen LogP contribution in [0, 0.1) is 5.92 Å². The Morgan fingerprint density at radius 1 is 1.47 bits per heavy atom. The molecule has 2 atom stereocenters. The summed E-state index contributed by atoms with van der Waals surface area (Å²) >= 11 is 0. The molecule has 2 unspecified atom stereocenters. The van der Waals surface area contributed by atoms with Gasteiger partial charge in [-0.3, -0.25) is 9.59 Å². The van der Waals surface area contributed by atoms with Gasteiger partial charge < -0.3 is 15.5 Å². The maximum absolute atomic E-state index is 11.8. The predicted molar refractivity (Wildman–Crippen MR) is 76.3 cm³/mol. The topological polar surface area (TPSA) is 61.4 Å². The second kappa shape index (κ2) is 7.70. The van der Waals surface area contributed by atoms with E-state index in [9.17, 15) is 9.59 Å². The van der Waals surface area contributed by atoms with Gasteiger partial charge in [0.1, 0.15) is 6.04 Å². The second-order valence-corrected chi connectivity index (χ2v) is 5.42. The van der Waals surface area contributed by atoms with Crippen LogP contribution < -0.4 is 10.6 Å². The molecule has 2 N–H and O–H groups in total. The van der Waals surface area contributed by atoms with Crippen LogP contribution in [0.4, 0.5) is 0 Å². The van der Waals surface area contributed by atoms with E-state index in [2.05, 4.69) is 10.6 Å². The van der Waals surface area contributed by atoms with Gasteiger partial charge in [-0.05, 0) is 44.7 Å². The average molecular weight is 290 g/mol. The van der Waals surface area contributed by atoms with E-state index in [0.29, 0.717) is 12.3 Å². The van der Waals surface area contributed by atoms with Crippen LogP contribution in [-0.2, 0) is 9.59 Å². The number of likely N-dealkylation sites (tertiary alicyclic amines) is 1. The minimum Gasteiger partial charge on any atom is -0.344 e. The molecule has 0 bridgehead atoms. The van der Waals surface area contributed by atoms with Gasteiger partial charge in [-0.2, -0.15) is 0 Å². The van der Waals surface area contributed by atoms with Crippen molar-refractivity contribution in [1.29, 1.82) is 0 Å². The summed E-state index contributed by atoms with van der Waals surface area (Å²) in [5.41, 5.74) is 0. The van der Waals surface area contributed by atoms with Crippen LogP contribution in [0.15, 0.2) is 0 Å². The van der Waals surface area contributed by atoms with Crippen molar-refractivity contribution in [3.63, 3.8) is 0 Å². The zero-order valence-electron chi connectivity index (χ0n) is 11.5. The molecule has 2 saturated heterocycles. The summed E-state index contributed by atoms with van der Waals surface area (Å²) in [5.74, 6) is 0.702. The molecule has 0 spiro atoms. The van der Waals surface area contributed by atoms with E-state index < -0.39 is 0 Å². The number of rotatable bonds is 4. The standard InChI is InChI=1S/C13H23N3O2.ClH/c1-16-8-2-3-11(13(16)18)15-12(17)5-4-10-6-7-14-9-10;/h10-11,14H,2-9H2,1H3,(H,15,17);1H. The van der Waals surface area contributed by atoms with Gasteiger partial charge in [0.15, 0.2) is 0 Å². The van der Waals surface area contributed by atoms with Gasteiger partial charge in [0.05, 0.1) is 0 Å². The number of hydrogen-bond donors (Lipinski definition) is 2. The first kappa shape index (κ1) is 16.2. The largest absolute Gasteiger partial charge is 0.344 e. The number of carbonyl (C=O) groups is 2. The minimum atomic E-state index is -0.294. The van der Waals surface area contributed by atoms with Gasteiger partial charge in [0.2, 0.25) is 11.8 Å². The molecule has 2 amide bonds. The average Bonchev–Trinajstić information content (AvgIpc) is 2.86. The Balaban J connectivity index is 0.00000180. The lowest BCUT2D eigenvalue weighted by Gasteiger charge is -2.29. The Hall–Kier alpha value is -0.810. The molecule has 0 aromatic rings. The van der Waals surface area contributed by atoms with Crippen molar-refractivity contribution in [1.82, 2.24) is 15.5 Å². The van der Waals surface area contributed by atoms with Crippen LogP contribution in [0.1, 0.15) is 32.1 Å². The third kappa shape index (κ3) is 4.66. The summed E-state index contributed by atoms with van der Waals surface area (Å²) in [6, 6.07) is -0.294. The molecule has 0 radical (unpaired) electrons. The normalized spacial score (nSPS) is 27.0. The molecule has 0 aromatic carbocycles. The molecule has 2 fully saturated rings. The molecule has 2 aliphatic rings. The second-order valence-electron chi connectivity index (χ2n) is 5.42. The first-order valence-electron chi connectivity index (χ1n) is 6.92. The van der Waals surface area contributed by atoms with Crippen molar-refractivity contribution < 1.29 is 9.59 Å². The Labute approximate surface area is 120 Å². The van der Waals surface area contributed by atoms with Crippen LogP contribution >= 0.6 is 12.4 Å². The Kier molecular flexibility index (Phi) is 6.58. The van der Waals surface area contributed by atoms with Crippen LogP contribution in [0.2, 0.25) is 0 Å². The zero-order chi connectivity index (χ0) is 13.0. The van der Waals surface area contributed by atoms with E-state index >= 15 is 0 Å². The summed E-state index contributed by atoms with van der Waals surface area (Å²) in [5, 5.41) is 6.17. The van der Waals surface area contributed by atoms with Gasteiger partial charge in [0, 0.05) is 20.0 Å². The predicted octanol–water partition coefficient (Wildman–Crippen LogP) is 0.535. The van der Waals surface area contributed by atoms with E-state index in [1.54, 1.807) is 11.9 Å². The molecule has 110 valence electrons. The van der Waals surface area contributed by atoms with E-state index in [1.807, 2.05) is 0 Å². The van der Waals surface area contributed by atoms with Crippen molar-refractivity contribution in [2.75, 3.05) is 26.7 Å². The van der Waals surface area contributed by atoms with Crippen molar-refractivity contribution in [3.8, 4) is 0 Å². The SMILES string of the molecule is CN1CCCC(NC(=O)CCC2CCNC2)C1=O.Cl. The van der Waals surface area contributed by atoms with Gasteiger partial charge in [-0.25, -0.2) is 0 Å². The number of piperidine rings is 1. The molecular weight excluding hydrogens is 266 g/mol. The maximum atomic E-state index is 11.8. The third-order valence-corrected chi connectivity index (χ3v) is 3.94. The molecule has 5 nitrogen and oxygen atoms in total. The first-order valence-corrected chi connectivity index (χ1v) is 6.92. The molecular formula is C13H24ClN3O2. The summed E-state index contributed by atoms with van der Waals surface area (Å²) in [7, 11) is 1.80. The summed E-state index contributed by atoms with van der Waals surface area (Å²) in [6.07, 6.45) is 4.38. The van der Waals surface area contributed by atoms with E-state index in [4.69, 9.17) is 0 Å². The highest BCUT2D eigenvalue weighted by Gasteiger charge is 2.27. The first-order chi connectivity index (χ1) is 8.66. The lowest BCUT2D eigenvalue weighted by atomic mass is 10.0. The van der Waals surface area contributed by atoms with Crippen molar-refractivity contribution >= 4 is 24.2 Å². The molecule has 19 heavy (non-hydrogen) atoms. The number of hydrogen-bond acceptors (Lipinski definition) is 3. The van der Waals surface area contributed by atoms with Crippen molar-refractivity contribution in [2.45, 2.75) is 38.1 Å². The van der Waals surface area contributed by atoms with Crippen molar-refractivity contribution in [2.24, 2.45) is 5.92 Å². The molecule has 6 heteroatoms. The quantitative estimate of drug-likeness (QED) is 0.794. The van der Waals surface area contributed by atoms with Gasteiger partial charge in [0.25, 0.3) is 0 Å². The number of likely N-dealkylation sites (N-methyl/N-ethyl adjacent to an activating group) is 1. The fourth-order valence-corrected chi connectivity index (χ4v) is 2.73. The molecule has 2 rings (SSSR count). The highest BCUT2D eigenvalue weighted by Crippen LogP contribution is 2.15. The van der Waals surface area contributed by atoms with Crippen LogP contribution in [0.5, 0.6) is 0 Å². The lowest BCUT2D eigenvalue weighted by Crippen LogP contribution is -2.50. The summed E-state index contributed by atoms with van der Waals surface area (Å²) in [6.45, 7) is 2.90. The number of halogens is 1. The van der Waals surface area contributed by atoms with Gasteiger partial charge >= 0.3 is 0 Å². The van der Waals surface area contributed by atoms with Crippen LogP contribution in [0.3, 0.4) is 0 Å².